The third-order valence-corrected chi connectivity index (χ3v) is 3.51. The number of aromatic nitrogens is 1. The zero-order chi connectivity index (χ0) is 16.8. The molecule has 118 valence electrons. The lowest BCUT2D eigenvalue weighted by Crippen LogP contribution is -2.42. The van der Waals surface area contributed by atoms with Crippen LogP contribution >= 0.6 is 0 Å². The van der Waals surface area contributed by atoms with E-state index >= 15 is 0 Å². The van der Waals surface area contributed by atoms with Gasteiger partial charge in [0.2, 0.25) is 0 Å². The van der Waals surface area contributed by atoms with E-state index in [0.29, 0.717) is 5.56 Å². The molecule has 1 aromatic heterocycles. The number of carbonyl (C=O) groups excluding carboxylic acids is 1. The first-order valence-electron chi connectivity index (χ1n) is 7.10. The normalized spacial score (nSPS) is 11.5. The van der Waals surface area contributed by atoms with Crippen LogP contribution in [-0.2, 0) is 11.2 Å². The minimum atomic E-state index is -1.09. The van der Waals surface area contributed by atoms with Crippen LogP contribution in [0.3, 0.4) is 0 Å². The maximum absolute atomic E-state index is 12.1. The largest absolute Gasteiger partial charge is 0.480 e. The maximum atomic E-state index is 12.1. The molecule has 0 aliphatic heterocycles. The van der Waals surface area contributed by atoms with Crippen molar-refractivity contribution in [2.24, 2.45) is 0 Å². The Morgan fingerprint density at radius 1 is 1.22 bits per heavy atom. The second kappa shape index (κ2) is 7.26. The average molecular weight is 310 g/mol. The standard InChI is InChI=1S/C18H18N2O3/c1-3-14-13(11-19-15(14)4-2)10-16(18(22)23)20-17(21)12-8-6-5-7-9-12/h3-9,11,16,19H,1-2,10H2,(H,20,21)(H,22,23). The molecule has 0 fully saturated rings. The fourth-order valence-electron chi connectivity index (χ4n) is 2.32. The van der Waals surface area contributed by atoms with Gasteiger partial charge in [-0.05, 0) is 23.8 Å². The van der Waals surface area contributed by atoms with Crippen molar-refractivity contribution in [1.29, 1.82) is 0 Å². The number of aromatic amines is 1. The number of nitrogens with one attached hydrogen (secondary N) is 2. The molecule has 0 radical (unpaired) electrons. The number of carbonyl (C=O) groups is 2. The molecule has 3 N–H and O–H groups in total. The highest BCUT2D eigenvalue weighted by molar-refractivity contribution is 5.96. The monoisotopic (exact) mass is 310 g/mol. The van der Waals surface area contributed by atoms with Crippen molar-refractivity contribution in [3.63, 3.8) is 0 Å². The quantitative estimate of drug-likeness (QED) is 0.735. The van der Waals surface area contributed by atoms with Crippen molar-refractivity contribution < 1.29 is 14.7 Å². The van der Waals surface area contributed by atoms with E-state index in [-0.39, 0.29) is 6.42 Å². The molecule has 0 spiro atoms. The third kappa shape index (κ3) is 3.77. The molecule has 1 aromatic carbocycles. The van der Waals surface area contributed by atoms with E-state index in [1.54, 1.807) is 48.7 Å². The van der Waals surface area contributed by atoms with Crippen molar-refractivity contribution in [3.05, 3.63) is 72.1 Å². The van der Waals surface area contributed by atoms with E-state index in [2.05, 4.69) is 23.5 Å². The van der Waals surface area contributed by atoms with Gasteiger partial charge in [0.15, 0.2) is 0 Å². The van der Waals surface area contributed by atoms with Crippen molar-refractivity contribution >= 4 is 24.0 Å². The number of hydrogen-bond acceptors (Lipinski definition) is 2. The molecule has 0 aliphatic rings. The Kier molecular flexibility index (Phi) is 5.15. The predicted octanol–water partition coefficient (Wildman–Crippen LogP) is 2.73. The van der Waals surface area contributed by atoms with Gasteiger partial charge in [-0.15, -0.1) is 0 Å². The molecule has 5 heteroatoms. The van der Waals surface area contributed by atoms with Gasteiger partial charge in [0, 0.05) is 29.4 Å². The molecule has 0 saturated heterocycles. The first kappa shape index (κ1) is 16.3. The van der Waals surface area contributed by atoms with E-state index in [4.69, 9.17) is 0 Å². The molecule has 1 heterocycles. The zero-order valence-corrected chi connectivity index (χ0v) is 12.6. The Morgan fingerprint density at radius 2 is 1.91 bits per heavy atom. The topological polar surface area (TPSA) is 82.2 Å². The molecule has 0 aliphatic carbocycles. The number of benzene rings is 1. The van der Waals surface area contributed by atoms with Crippen LogP contribution in [0.25, 0.3) is 12.2 Å². The second-order valence-electron chi connectivity index (χ2n) is 4.98. The minimum Gasteiger partial charge on any atom is -0.480 e. The zero-order valence-electron chi connectivity index (χ0n) is 12.6. The highest BCUT2D eigenvalue weighted by atomic mass is 16.4. The third-order valence-electron chi connectivity index (χ3n) is 3.51. The minimum absolute atomic E-state index is 0.152. The van der Waals surface area contributed by atoms with Gasteiger partial charge in [-0.1, -0.05) is 37.4 Å². The van der Waals surface area contributed by atoms with Crippen molar-refractivity contribution in [1.82, 2.24) is 10.3 Å². The van der Waals surface area contributed by atoms with Crippen LogP contribution in [0, 0.1) is 0 Å². The predicted molar refractivity (Wildman–Crippen MR) is 90.0 cm³/mol. The van der Waals surface area contributed by atoms with Crippen LogP contribution in [0.2, 0.25) is 0 Å². The number of aliphatic carboxylic acids is 1. The Labute approximate surface area is 134 Å². The first-order valence-corrected chi connectivity index (χ1v) is 7.10. The maximum Gasteiger partial charge on any atom is 0.326 e. The van der Waals surface area contributed by atoms with Gasteiger partial charge in [-0.25, -0.2) is 4.79 Å². The molecule has 1 atom stereocenters. The van der Waals surface area contributed by atoms with E-state index in [1.165, 1.54) is 0 Å². The molecule has 0 saturated carbocycles. The lowest BCUT2D eigenvalue weighted by Gasteiger charge is -2.14. The van der Waals surface area contributed by atoms with Gasteiger partial charge in [-0.2, -0.15) is 0 Å². The summed E-state index contributed by atoms with van der Waals surface area (Å²) in [5, 5.41) is 11.9. The highest BCUT2D eigenvalue weighted by Gasteiger charge is 2.23. The van der Waals surface area contributed by atoms with Gasteiger partial charge < -0.3 is 15.4 Å². The summed E-state index contributed by atoms with van der Waals surface area (Å²) in [7, 11) is 0. The Balaban J connectivity index is 2.18. The molecular formula is C18H18N2O3. The summed E-state index contributed by atoms with van der Waals surface area (Å²) >= 11 is 0. The molecule has 2 aromatic rings. The van der Waals surface area contributed by atoms with E-state index in [0.717, 1.165) is 16.8 Å². The molecule has 1 unspecified atom stereocenters. The van der Waals surface area contributed by atoms with Gasteiger partial charge >= 0.3 is 5.97 Å². The van der Waals surface area contributed by atoms with Gasteiger partial charge in [0.1, 0.15) is 6.04 Å². The molecule has 5 nitrogen and oxygen atoms in total. The molecular weight excluding hydrogens is 292 g/mol. The summed E-state index contributed by atoms with van der Waals surface area (Å²) in [6.07, 6.45) is 5.14. The number of amides is 1. The van der Waals surface area contributed by atoms with Gasteiger partial charge in [0.05, 0.1) is 0 Å². The van der Waals surface area contributed by atoms with Gasteiger partial charge in [-0.3, -0.25) is 4.79 Å². The van der Waals surface area contributed by atoms with Crippen LogP contribution in [0.1, 0.15) is 27.2 Å². The highest BCUT2D eigenvalue weighted by Crippen LogP contribution is 2.18. The second-order valence-corrected chi connectivity index (χ2v) is 4.98. The molecule has 0 bridgehead atoms. The smallest absolute Gasteiger partial charge is 0.326 e. The van der Waals surface area contributed by atoms with Crippen LogP contribution in [0.4, 0.5) is 0 Å². The fraction of sp³-hybridized carbons (Fsp3) is 0.111. The van der Waals surface area contributed by atoms with Crippen LogP contribution in [-0.4, -0.2) is 28.0 Å². The number of carboxylic acids is 1. The summed E-state index contributed by atoms with van der Waals surface area (Å²) in [6.45, 7) is 7.42. The fourth-order valence-corrected chi connectivity index (χ4v) is 2.32. The lowest BCUT2D eigenvalue weighted by atomic mass is 10.0. The molecule has 23 heavy (non-hydrogen) atoms. The van der Waals surface area contributed by atoms with E-state index in [9.17, 15) is 14.7 Å². The summed E-state index contributed by atoms with van der Waals surface area (Å²) in [6, 6.07) is 7.48. The van der Waals surface area contributed by atoms with Crippen LogP contribution in [0.5, 0.6) is 0 Å². The van der Waals surface area contributed by atoms with Crippen molar-refractivity contribution in [2.75, 3.05) is 0 Å². The summed E-state index contributed by atoms with van der Waals surface area (Å²) in [5.41, 5.74) is 2.74. The van der Waals surface area contributed by atoms with E-state index in [1.807, 2.05) is 0 Å². The summed E-state index contributed by atoms with van der Waals surface area (Å²) in [4.78, 5) is 26.6. The molecule has 1 amide bonds. The summed E-state index contributed by atoms with van der Waals surface area (Å²) < 4.78 is 0. The van der Waals surface area contributed by atoms with Crippen LogP contribution < -0.4 is 5.32 Å². The Morgan fingerprint density at radius 3 is 2.48 bits per heavy atom. The number of hydrogen-bond donors (Lipinski definition) is 3. The van der Waals surface area contributed by atoms with Crippen molar-refractivity contribution in [3.8, 4) is 0 Å². The van der Waals surface area contributed by atoms with Crippen molar-refractivity contribution in [2.45, 2.75) is 12.5 Å². The number of H-pyrrole nitrogens is 1. The lowest BCUT2D eigenvalue weighted by molar-refractivity contribution is -0.139. The Hall–Kier alpha value is -3.08. The SMILES string of the molecule is C=Cc1[nH]cc(CC(NC(=O)c2ccccc2)C(=O)O)c1C=C. The number of carboxylic acid groups (broad SMARTS) is 1. The summed E-state index contributed by atoms with van der Waals surface area (Å²) in [5.74, 6) is -1.51. The number of rotatable bonds is 7. The molecule has 2 rings (SSSR count). The first-order chi connectivity index (χ1) is 11.1. The van der Waals surface area contributed by atoms with Gasteiger partial charge in [0.25, 0.3) is 5.91 Å². The van der Waals surface area contributed by atoms with Crippen LogP contribution in [0.15, 0.2) is 49.7 Å². The Bertz CT molecular complexity index is 732. The van der Waals surface area contributed by atoms with E-state index < -0.39 is 17.9 Å². The average Bonchev–Trinajstić information content (AvgIpc) is 2.96.